The van der Waals surface area contributed by atoms with Crippen LogP contribution < -0.4 is 0 Å². The molecule has 0 fully saturated rings. The van der Waals surface area contributed by atoms with Gasteiger partial charge >= 0.3 is 25.7 Å². The van der Waals surface area contributed by atoms with E-state index >= 15 is 0 Å². The van der Waals surface area contributed by atoms with Crippen LogP contribution in [0.3, 0.4) is 0 Å². The fourth-order valence-corrected chi connectivity index (χ4v) is 7.66. The lowest BCUT2D eigenvalue weighted by atomic mass is 10.1. The second-order valence-electron chi connectivity index (χ2n) is 17.3. The molecule has 0 saturated carbocycles. The number of carbonyl (C=O) groups is 3. The molecule has 382 valence electrons. The maximum Gasteiger partial charge on any atom is 0.472 e. The Labute approximate surface area is 402 Å². The molecule has 0 amide bonds. The molecule has 0 spiro atoms. The second kappa shape index (κ2) is 48.6. The summed E-state index contributed by atoms with van der Waals surface area (Å²) in [6.45, 7) is 4.42. The Morgan fingerprint density at radius 2 is 0.803 bits per heavy atom. The molecule has 0 aromatic carbocycles. The number of allylic oxidation sites excluding steroid dienone is 10. The Hall–Kier alpha value is -2.82. The van der Waals surface area contributed by atoms with Gasteiger partial charge in [0.1, 0.15) is 12.7 Å². The Morgan fingerprint density at radius 1 is 0.439 bits per heavy atom. The summed E-state index contributed by atoms with van der Waals surface area (Å²) < 4.78 is 39.3. The molecule has 0 rings (SSSR count). The molecule has 0 radical (unpaired) electrons. The molecule has 0 aromatic rings. The first-order chi connectivity index (χ1) is 32.2. The highest BCUT2D eigenvalue weighted by Crippen LogP contribution is 2.43. The van der Waals surface area contributed by atoms with Gasteiger partial charge in [0, 0.05) is 19.3 Å². The zero-order valence-corrected chi connectivity index (χ0v) is 42.8. The number of unbranched alkanes of at least 4 members (excludes halogenated alkanes) is 21. The van der Waals surface area contributed by atoms with E-state index in [2.05, 4.69) is 81.5 Å². The minimum absolute atomic E-state index is 0.140. The summed E-state index contributed by atoms with van der Waals surface area (Å²) in [5.41, 5.74) is 0. The Morgan fingerprint density at radius 3 is 1.29 bits per heavy atom. The predicted octanol–water partition coefficient (Wildman–Crippen LogP) is 14.8. The third kappa shape index (κ3) is 46.3. The fraction of sp³-hybridized carbons (Fsp3) is 0.759. The van der Waals surface area contributed by atoms with Crippen LogP contribution in [0.5, 0.6) is 0 Å². The number of ether oxygens (including phenoxy) is 3. The number of esters is 3. The number of hydrogen-bond acceptors (Lipinski definition) is 10. The van der Waals surface area contributed by atoms with Crippen LogP contribution in [0.2, 0.25) is 0 Å². The summed E-state index contributed by atoms with van der Waals surface area (Å²) in [6.07, 6.45) is 50.5. The average molecular weight is 951 g/mol. The van der Waals surface area contributed by atoms with E-state index in [-0.39, 0.29) is 25.9 Å². The van der Waals surface area contributed by atoms with Crippen molar-refractivity contribution in [3.63, 3.8) is 0 Å². The zero-order valence-electron chi connectivity index (χ0n) is 41.9. The van der Waals surface area contributed by atoms with Crippen molar-refractivity contribution in [2.75, 3.05) is 26.4 Å². The van der Waals surface area contributed by atoms with Crippen molar-refractivity contribution in [1.29, 1.82) is 0 Å². The van der Waals surface area contributed by atoms with E-state index < -0.39 is 57.8 Å². The molecule has 11 nitrogen and oxygen atoms in total. The van der Waals surface area contributed by atoms with Gasteiger partial charge in [-0.15, -0.1) is 0 Å². The van der Waals surface area contributed by atoms with Gasteiger partial charge in [0.25, 0.3) is 0 Å². The van der Waals surface area contributed by atoms with Crippen LogP contribution in [0.4, 0.5) is 0 Å². The number of rotatable bonds is 48. The fourth-order valence-electron chi connectivity index (χ4n) is 6.87. The van der Waals surface area contributed by atoms with Crippen molar-refractivity contribution in [2.24, 2.45) is 0 Å². The maximum absolute atomic E-state index is 12.8. The monoisotopic (exact) mass is 951 g/mol. The van der Waals surface area contributed by atoms with E-state index in [9.17, 15) is 28.9 Å². The molecule has 0 saturated heterocycles. The molecule has 0 aliphatic carbocycles. The highest BCUT2D eigenvalue weighted by Gasteiger charge is 2.28. The van der Waals surface area contributed by atoms with Gasteiger partial charge in [-0.2, -0.15) is 0 Å². The van der Waals surface area contributed by atoms with Crippen molar-refractivity contribution >= 4 is 25.7 Å². The number of aliphatic hydroxyl groups excluding tert-OH is 1. The number of carbonyl (C=O) groups excluding carboxylic acids is 3. The standard InChI is InChI=1S/C54H95O11P/c1-4-7-10-13-16-19-22-24-25-27-30-33-36-39-42-45-54(58)65-51(47-61-52(56)43-40-37-34-31-28-21-18-15-12-9-6-3)49-63-66(59,60)62-48-50(46-55)64-53(57)44-41-38-35-32-29-26-23-20-17-14-11-8-5-2/h8,11,15,17-18,20,24-26,29,50-51,55H,4-7,9-10,12-14,16,19,21-23,27-28,30-49H2,1-3H3,(H,59,60)/b11-8-,18-15-,20-17-,25-24-,29-26-. The highest BCUT2D eigenvalue weighted by atomic mass is 31.2. The van der Waals surface area contributed by atoms with Crippen molar-refractivity contribution < 1.29 is 52.2 Å². The normalized spacial score (nSPS) is 14.0. The maximum atomic E-state index is 12.8. The smallest absolute Gasteiger partial charge is 0.462 e. The van der Waals surface area contributed by atoms with Crippen LogP contribution in [0.15, 0.2) is 60.8 Å². The van der Waals surface area contributed by atoms with E-state index in [1.165, 1.54) is 51.4 Å². The van der Waals surface area contributed by atoms with Crippen molar-refractivity contribution in [3.05, 3.63) is 60.8 Å². The Kier molecular flexibility index (Phi) is 46.6. The number of phosphoric ester groups is 1. The molecule has 0 heterocycles. The molecule has 66 heavy (non-hydrogen) atoms. The first kappa shape index (κ1) is 63.2. The Bertz CT molecular complexity index is 1340. The lowest BCUT2D eigenvalue weighted by Gasteiger charge is -2.21. The van der Waals surface area contributed by atoms with Crippen LogP contribution in [-0.4, -0.2) is 66.5 Å². The lowest BCUT2D eigenvalue weighted by Crippen LogP contribution is -2.30. The van der Waals surface area contributed by atoms with Gasteiger partial charge in [0.05, 0.1) is 19.8 Å². The number of aliphatic hydroxyl groups is 1. The van der Waals surface area contributed by atoms with Gasteiger partial charge in [-0.05, 0) is 96.3 Å². The summed E-state index contributed by atoms with van der Waals surface area (Å²) in [5.74, 6) is -1.52. The van der Waals surface area contributed by atoms with Gasteiger partial charge in [0.15, 0.2) is 6.10 Å². The molecule has 0 aromatic heterocycles. The van der Waals surface area contributed by atoms with Crippen molar-refractivity contribution in [2.45, 2.75) is 238 Å². The molecule has 3 atom stereocenters. The van der Waals surface area contributed by atoms with Gasteiger partial charge in [-0.3, -0.25) is 23.4 Å². The Balaban J connectivity index is 4.77. The summed E-state index contributed by atoms with van der Waals surface area (Å²) in [5, 5.41) is 9.76. The van der Waals surface area contributed by atoms with E-state index in [4.69, 9.17) is 23.3 Å². The average Bonchev–Trinajstić information content (AvgIpc) is 3.30. The van der Waals surface area contributed by atoms with Crippen LogP contribution in [0.1, 0.15) is 226 Å². The first-order valence-electron chi connectivity index (χ1n) is 26.2. The minimum atomic E-state index is -4.75. The van der Waals surface area contributed by atoms with Crippen molar-refractivity contribution in [1.82, 2.24) is 0 Å². The van der Waals surface area contributed by atoms with E-state index in [1.807, 2.05) is 0 Å². The largest absolute Gasteiger partial charge is 0.472 e. The minimum Gasteiger partial charge on any atom is -0.462 e. The van der Waals surface area contributed by atoms with Crippen LogP contribution >= 0.6 is 7.82 Å². The van der Waals surface area contributed by atoms with Gasteiger partial charge in [-0.25, -0.2) is 4.57 Å². The molecule has 12 heteroatoms. The predicted molar refractivity (Wildman–Crippen MR) is 270 cm³/mol. The van der Waals surface area contributed by atoms with Crippen LogP contribution in [0.25, 0.3) is 0 Å². The number of phosphoric acid groups is 1. The SMILES string of the molecule is CC/C=C\C/C=C\C/C=C\CCCCCC(=O)OC(CO)COP(=O)(O)OCC(COC(=O)CCCCCCC/C=C\CCCC)OC(=O)CCCCCCC/C=C\CCCCCCCC. The van der Waals surface area contributed by atoms with Crippen LogP contribution in [-0.2, 0) is 42.2 Å². The van der Waals surface area contributed by atoms with Gasteiger partial charge < -0.3 is 24.2 Å². The molecule has 3 unspecified atom stereocenters. The number of hydrogen-bond donors (Lipinski definition) is 2. The third-order valence-corrected chi connectivity index (χ3v) is 11.8. The van der Waals surface area contributed by atoms with Gasteiger partial charge in [0.2, 0.25) is 0 Å². The topological polar surface area (TPSA) is 155 Å². The summed E-state index contributed by atoms with van der Waals surface area (Å²) >= 11 is 0. The van der Waals surface area contributed by atoms with E-state index in [0.717, 1.165) is 116 Å². The van der Waals surface area contributed by atoms with Crippen LogP contribution in [0, 0.1) is 0 Å². The first-order valence-corrected chi connectivity index (χ1v) is 27.7. The molecular formula is C54H95O11P. The zero-order chi connectivity index (χ0) is 48.4. The molecular weight excluding hydrogens is 856 g/mol. The summed E-state index contributed by atoms with van der Waals surface area (Å²) in [4.78, 5) is 48.3. The highest BCUT2D eigenvalue weighted by molar-refractivity contribution is 7.47. The molecule has 0 aliphatic rings. The molecule has 0 aliphatic heterocycles. The second-order valence-corrected chi connectivity index (χ2v) is 18.8. The quantitative estimate of drug-likeness (QED) is 0.0197. The van der Waals surface area contributed by atoms with E-state index in [0.29, 0.717) is 19.3 Å². The summed E-state index contributed by atoms with van der Waals surface area (Å²) in [7, 11) is -4.75. The van der Waals surface area contributed by atoms with E-state index in [1.54, 1.807) is 0 Å². The molecule has 2 N–H and O–H groups in total. The third-order valence-electron chi connectivity index (χ3n) is 10.9. The summed E-state index contributed by atoms with van der Waals surface area (Å²) in [6, 6.07) is 0. The van der Waals surface area contributed by atoms with Gasteiger partial charge in [-0.1, -0.05) is 171 Å². The lowest BCUT2D eigenvalue weighted by molar-refractivity contribution is -0.161. The molecule has 0 bridgehead atoms. The van der Waals surface area contributed by atoms with Crippen molar-refractivity contribution in [3.8, 4) is 0 Å².